The van der Waals surface area contributed by atoms with Crippen molar-refractivity contribution in [3.63, 3.8) is 0 Å². The summed E-state index contributed by atoms with van der Waals surface area (Å²) in [5.41, 5.74) is 2.62. The number of benzene rings is 2. The molecule has 4 amide bonds. The SMILES string of the molecule is [B]c1cc([B])c2c(c1OCc1ccc(CN3CCOCC3=O)cc1)C([B])N(C1CCC(=O)NC1=O)C2=O. The largest absolute Gasteiger partial charge is 0.489 e. The van der Waals surface area contributed by atoms with Crippen LogP contribution in [0.5, 0.6) is 5.75 Å². The van der Waals surface area contributed by atoms with E-state index in [1.54, 1.807) is 4.90 Å². The van der Waals surface area contributed by atoms with Crippen LogP contribution >= 0.6 is 0 Å². The van der Waals surface area contributed by atoms with Crippen LogP contribution in [-0.4, -0.2) is 82.8 Å². The third-order valence-electron chi connectivity index (χ3n) is 6.83. The Kier molecular flexibility index (Phi) is 6.85. The van der Waals surface area contributed by atoms with E-state index in [1.807, 2.05) is 24.3 Å². The number of nitrogens with zero attached hydrogens (tertiary/aromatic N) is 2. The number of nitrogens with one attached hydrogen (secondary N) is 1. The Labute approximate surface area is 218 Å². The molecule has 3 aliphatic rings. The van der Waals surface area contributed by atoms with E-state index in [0.29, 0.717) is 25.3 Å². The van der Waals surface area contributed by atoms with E-state index in [9.17, 15) is 19.2 Å². The molecule has 2 saturated heterocycles. The zero-order chi connectivity index (χ0) is 26.3. The van der Waals surface area contributed by atoms with Gasteiger partial charge in [0.05, 0.1) is 6.61 Å². The topological polar surface area (TPSA) is 105 Å². The molecular formula is C25H22B3N3O6. The summed E-state index contributed by atoms with van der Waals surface area (Å²) in [6.45, 7) is 1.81. The maximum Gasteiger partial charge on any atom is 0.254 e. The zero-order valence-electron chi connectivity index (χ0n) is 20.1. The number of amides is 4. The summed E-state index contributed by atoms with van der Waals surface area (Å²) < 4.78 is 11.2. The number of hydrogen-bond donors (Lipinski definition) is 1. The molecule has 0 spiro atoms. The summed E-state index contributed by atoms with van der Waals surface area (Å²) in [6, 6.07) is 8.13. The molecule has 0 saturated carbocycles. The van der Waals surface area contributed by atoms with Crippen LogP contribution in [0.1, 0.15) is 45.8 Å². The summed E-state index contributed by atoms with van der Waals surface area (Å²) in [7, 11) is 18.8. The third-order valence-corrected chi connectivity index (χ3v) is 6.83. The van der Waals surface area contributed by atoms with Gasteiger partial charge in [-0.1, -0.05) is 41.3 Å². The Bertz CT molecular complexity index is 1290. The van der Waals surface area contributed by atoms with Gasteiger partial charge < -0.3 is 19.3 Å². The van der Waals surface area contributed by atoms with Crippen LogP contribution in [0, 0.1) is 0 Å². The van der Waals surface area contributed by atoms with Crippen LogP contribution in [0.4, 0.5) is 0 Å². The number of morpholine rings is 1. The molecule has 3 aliphatic heterocycles. The molecule has 5 rings (SSSR count). The summed E-state index contributed by atoms with van der Waals surface area (Å²) in [5.74, 6) is -2.33. The number of carbonyl (C=O) groups is 4. The van der Waals surface area contributed by atoms with Crippen LogP contribution in [0.3, 0.4) is 0 Å². The first-order valence-electron chi connectivity index (χ1n) is 11.9. The second-order valence-corrected chi connectivity index (χ2v) is 9.27. The lowest BCUT2D eigenvalue weighted by atomic mass is 9.77. The molecule has 12 heteroatoms. The first kappa shape index (κ1) is 25.1. The molecule has 2 aromatic rings. The van der Waals surface area contributed by atoms with Crippen molar-refractivity contribution < 1.29 is 28.7 Å². The van der Waals surface area contributed by atoms with Crippen LogP contribution in [-0.2, 0) is 32.3 Å². The monoisotopic (exact) mass is 493 g/mol. The van der Waals surface area contributed by atoms with E-state index < -0.39 is 29.7 Å². The van der Waals surface area contributed by atoms with E-state index in [2.05, 4.69) is 5.32 Å². The van der Waals surface area contributed by atoms with Gasteiger partial charge in [-0.25, -0.2) is 0 Å². The predicted molar refractivity (Wildman–Crippen MR) is 135 cm³/mol. The average Bonchev–Trinajstić information content (AvgIpc) is 3.12. The van der Waals surface area contributed by atoms with Gasteiger partial charge in [-0.2, -0.15) is 0 Å². The standard InChI is InChI=1S/C25H22B3N3O6/c26-15-9-16(27)22(21-20(15)25(35)31(23(21)28)17-5-6-18(32)29-24(17)34)37-11-14-3-1-13(2-4-14)10-30-7-8-36-12-19(30)33/h1-4,9,17,23H,5-8,10-12H2,(H,29,32,34). The van der Waals surface area contributed by atoms with Gasteiger partial charge in [0.15, 0.2) is 0 Å². The summed E-state index contributed by atoms with van der Waals surface area (Å²) in [6.07, 6.45) is 0.256. The normalized spacial score (nSPS) is 21.7. The lowest BCUT2D eigenvalue weighted by molar-refractivity contribution is -0.143. The fourth-order valence-corrected chi connectivity index (χ4v) is 4.92. The molecule has 1 N–H and O–H groups in total. The van der Waals surface area contributed by atoms with Gasteiger partial charge in [0.25, 0.3) is 5.91 Å². The van der Waals surface area contributed by atoms with Gasteiger partial charge in [0.1, 0.15) is 48.5 Å². The minimum atomic E-state index is -1.03. The Morgan fingerprint density at radius 3 is 2.49 bits per heavy atom. The Hall–Kier alpha value is -3.53. The highest BCUT2D eigenvalue weighted by molar-refractivity contribution is 6.43. The lowest BCUT2D eigenvalue weighted by Gasteiger charge is -2.33. The average molecular weight is 493 g/mol. The van der Waals surface area contributed by atoms with Crippen molar-refractivity contribution in [2.45, 2.75) is 38.0 Å². The second kappa shape index (κ2) is 10.1. The first-order valence-corrected chi connectivity index (χ1v) is 11.9. The third kappa shape index (κ3) is 4.77. The smallest absolute Gasteiger partial charge is 0.254 e. The van der Waals surface area contributed by atoms with Crippen molar-refractivity contribution >= 4 is 58.1 Å². The fourth-order valence-electron chi connectivity index (χ4n) is 4.92. The first-order chi connectivity index (χ1) is 17.7. The fraction of sp³-hybridized carbons (Fsp3) is 0.360. The summed E-state index contributed by atoms with van der Waals surface area (Å²) >= 11 is 0. The molecule has 2 fully saturated rings. The van der Waals surface area contributed by atoms with Crippen molar-refractivity contribution in [3.8, 4) is 5.75 Å². The molecule has 0 aliphatic carbocycles. The number of rotatable bonds is 6. The highest BCUT2D eigenvalue weighted by Gasteiger charge is 2.45. The zero-order valence-corrected chi connectivity index (χ0v) is 20.1. The highest BCUT2D eigenvalue weighted by Crippen LogP contribution is 2.38. The maximum absolute atomic E-state index is 13.3. The molecule has 2 aromatic carbocycles. The quantitative estimate of drug-likeness (QED) is 0.394. The van der Waals surface area contributed by atoms with E-state index >= 15 is 0 Å². The molecule has 6 radical (unpaired) electrons. The Balaban J connectivity index is 1.34. The van der Waals surface area contributed by atoms with Crippen molar-refractivity contribution in [2.75, 3.05) is 19.8 Å². The molecule has 182 valence electrons. The van der Waals surface area contributed by atoms with Gasteiger partial charge >= 0.3 is 0 Å². The van der Waals surface area contributed by atoms with Crippen molar-refractivity contribution in [1.29, 1.82) is 0 Å². The van der Waals surface area contributed by atoms with Crippen LogP contribution in [0.15, 0.2) is 30.3 Å². The highest BCUT2D eigenvalue weighted by atomic mass is 16.5. The minimum Gasteiger partial charge on any atom is -0.489 e. The predicted octanol–water partition coefficient (Wildman–Crippen LogP) is -1.36. The van der Waals surface area contributed by atoms with Gasteiger partial charge in [-0.15, -0.1) is 0 Å². The molecular weight excluding hydrogens is 471 g/mol. The molecule has 2 unspecified atom stereocenters. The minimum absolute atomic E-state index is 0.0384. The van der Waals surface area contributed by atoms with E-state index in [1.165, 1.54) is 11.0 Å². The molecule has 3 heterocycles. The summed E-state index contributed by atoms with van der Waals surface area (Å²) in [4.78, 5) is 52.3. The van der Waals surface area contributed by atoms with Gasteiger partial charge in [-0.05, 0) is 17.5 Å². The van der Waals surface area contributed by atoms with Gasteiger partial charge in [0.2, 0.25) is 17.7 Å². The molecule has 2 atom stereocenters. The number of carbonyl (C=O) groups excluding carboxylic acids is 4. The maximum atomic E-state index is 13.3. The van der Waals surface area contributed by atoms with Crippen molar-refractivity contribution in [2.24, 2.45) is 0 Å². The van der Waals surface area contributed by atoms with E-state index in [4.69, 9.17) is 33.0 Å². The Morgan fingerprint density at radius 2 is 1.78 bits per heavy atom. The Morgan fingerprint density at radius 1 is 1.05 bits per heavy atom. The molecule has 37 heavy (non-hydrogen) atoms. The number of imide groups is 1. The molecule has 0 bridgehead atoms. The van der Waals surface area contributed by atoms with Crippen molar-refractivity contribution in [1.82, 2.24) is 15.1 Å². The van der Waals surface area contributed by atoms with Crippen LogP contribution < -0.4 is 21.0 Å². The second-order valence-electron chi connectivity index (χ2n) is 9.27. The number of fused-ring (bicyclic) bond motifs is 1. The molecule has 9 nitrogen and oxygen atoms in total. The van der Waals surface area contributed by atoms with Gasteiger partial charge in [-0.3, -0.25) is 24.5 Å². The lowest BCUT2D eigenvalue weighted by Crippen LogP contribution is -2.53. The number of piperidine rings is 1. The molecule has 0 aromatic heterocycles. The number of hydrogen-bond acceptors (Lipinski definition) is 6. The van der Waals surface area contributed by atoms with Gasteiger partial charge in [0, 0.05) is 36.6 Å². The number of ether oxygens (including phenoxy) is 2. The van der Waals surface area contributed by atoms with Crippen LogP contribution in [0.25, 0.3) is 0 Å². The van der Waals surface area contributed by atoms with E-state index in [-0.39, 0.29) is 54.2 Å². The van der Waals surface area contributed by atoms with Crippen LogP contribution in [0.2, 0.25) is 0 Å². The van der Waals surface area contributed by atoms with Crippen molar-refractivity contribution in [3.05, 3.63) is 52.6 Å². The summed E-state index contributed by atoms with van der Waals surface area (Å²) in [5, 5.41) is 2.25. The van der Waals surface area contributed by atoms with E-state index in [0.717, 1.165) is 11.1 Å².